The van der Waals surface area contributed by atoms with Crippen molar-refractivity contribution in [3.8, 4) is 5.75 Å². The van der Waals surface area contributed by atoms with Gasteiger partial charge in [-0.15, -0.1) is 0 Å². The van der Waals surface area contributed by atoms with Gasteiger partial charge < -0.3 is 16.2 Å². The van der Waals surface area contributed by atoms with Crippen LogP contribution < -0.4 is 11.1 Å². The molecule has 0 spiro atoms. The van der Waals surface area contributed by atoms with Gasteiger partial charge in [-0.2, -0.15) is 0 Å². The number of carbonyl (C=O) groups is 1. The number of hydrogen-bond acceptors (Lipinski definition) is 3. The van der Waals surface area contributed by atoms with Gasteiger partial charge in [0, 0.05) is 17.7 Å². The summed E-state index contributed by atoms with van der Waals surface area (Å²) in [4.78, 5) is 12.5. The maximum atomic E-state index is 12.5. The first-order chi connectivity index (χ1) is 9.47. The van der Waals surface area contributed by atoms with Gasteiger partial charge in [-0.25, -0.2) is 0 Å². The molecule has 2 atom stereocenters. The third-order valence-electron chi connectivity index (χ3n) is 4.41. The van der Waals surface area contributed by atoms with Gasteiger partial charge in [-0.05, 0) is 37.8 Å². The fourth-order valence-corrected chi connectivity index (χ4v) is 3.19. The minimum absolute atomic E-state index is 0.141. The summed E-state index contributed by atoms with van der Waals surface area (Å²) in [5, 5.41) is 12.8. The number of hydrogen-bond donors (Lipinski definition) is 3. The molecule has 0 heterocycles. The first-order valence-electron chi connectivity index (χ1n) is 7.28. The minimum Gasteiger partial charge on any atom is -0.508 e. The molecule has 2 rings (SSSR count). The van der Waals surface area contributed by atoms with Gasteiger partial charge in [0.05, 0.1) is 5.54 Å². The number of nitrogens with one attached hydrogen (secondary N) is 1. The molecular formula is C16H24N2O2. The van der Waals surface area contributed by atoms with Gasteiger partial charge in [-0.1, -0.05) is 25.8 Å². The lowest BCUT2D eigenvalue weighted by Gasteiger charge is -2.40. The second-order valence-corrected chi connectivity index (χ2v) is 6.09. The van der Waals surface area contributed by atoms with E-state index in [9.17, 15) is 9.90 Å². The molecule has 1 amide bonds. The highest BCUT2D eigenvalue weighted by Crippen LogP contribution is 2.32. The van der Waals surface area contributed by atoms with Gasteiger partial charge in [0.1, 0.15) is 5.75 Å². The van der Waals surface area contributed by atoms with E-state index in [-0.39, 0.29) is 17.2 Å². The van der Waals surface area contributed by atoms with Crippen LogP contribution in [0.4, 0.5) is 0 Å². The number of nitrogens with two attached hydrogens (primary N) is 1. The van der Waals surface area contributed by atoms with E-state index in [1.54, 1.807) is 25.1 Å². The van der Waals surface area contributed by atoms with Gasteiger partial charge in [0.2, 0.25) is 0 Å². The summed E-state index contributed by atoms with van der Waals surface area (Å²) >= 11 is 0. The summed E-state index contributed by atoms with van der Waals surface area (Å²) in [7, 11) is 0. The smallest absolute Gasteiger partial charge is 0.252 e. The van der Waals surface area contributed by atoms with Crippen LogP contribution in [0.2, 0.25) is 0 Å². The zero-order chi connectivity index (χ0) is 14.8. The topological polar surface area (TPSA) is 75.3 Å². The quantitative estimate of drug-likeness (QED) is 0.793. The highest BCUT2D eigenvalue weighted by molar-refractivity contribution is 5.96. The Morgan fingerprint density at radius 1 is 1.55 bits per heavy atom. The van der Waals surface area contributed by atoms with Crippen molar-refractivity contribution < 1.29 is 9.90 Å². The molecule has 0 aromatic heterocycles. The molecule has 1 saturated carbocycles. The van der Waals surface area contributed by atoms with E-state index in [0.29, 0.717) is 23.6 Å². The predicted octanol–water partition coefficient (Wildman–Crippen LogP) is 2.34. The maximum absolute atomic E-state index is 12.5. The maximum Gasteiger partial charge on any atom is 0.252 e. The Balaban J connectivity index is 2.19. The summed E-state index contributed by atoms with van der Waals surface area (Å²) in [5.74, 6) is 0.590. The van der Waals surface area contributed by atoms with E-state index in [2.05, 4.69) is 12.2 Å². The lowest BCUT2D eigenvalue weighted by atomic mass is 9.76. The van der Waals surface area contributed by atoms with Crippen molar-refractivity contribution in [3.63, 3.8) is 0 Å². The van der Waals surface area contributed by atoms with E-state index in [0.717, 1.165) is 19.3 Å². The third kappa shape index (κ3) is 2.96. The molecule has 0 bridgehead atoms. The summed E-state index contributed by atoms with van der Waals surface area (Å²) in [5.41, 5.74) is 6.77. The van der Waals surface area contributed by atoms with E-state index in [1.165, 1.54) is 6.42 Å². The Hall–Kier alpha value is -1.55. The van der Waals surface area contributed by atoms with Crippen LogP contribution in [0.1, 0.15) is 48.5 Å². The van der Waals surface area contributed by atoms with Crippen molar-refractivity contribution in [1.29, 1.82) is 0 Å². The molecule has 0 aliphatic heterocycles. The van der Waals surface area contributed by atoms with E-state index >= 15 is 0 Å². The van der Waals surface area contributed by atoms with Crippen LogP contribution in [0.3, 0.4) is 0 Å². The summed E-state index contributed by atoms with van der Waals surface area (Å²) < 4.78 is 0. The monoisotopic (exact) mass is 276 g/mol. The second-order valence-electron chi connectivity index (χ2n) is 6.09. The Bertz CT molecular complexity index is 501. The number of phenolic OH excluding ortho intramolecular Hbond substituents is 1. The van der Waals surface area contributed by atoms with Crippen molar-refractivity contribution in [1.82, 2.24) is 5.32 Å². The van der Waals surface area contributed by atoms with Crippen molar-refractivity contribution >= 4 is 5.91 Å². The molecule has 0 saturated heterocycles. The Labute approximate surface area is 120 Å². The number of aromatic hydroxyl groups is 1. The normalized spacial score (nSPS) is 26.2. The molecule has 2 unspecified atom stereocenters. The van der Waals surface area contributed by atoms with E-state index in [1.807, 2.05) is 0 Å². The molecule has 0 radical (unpaired) electrons. The third-order valence-corrected chi connectivity index (χ3v) is 4.41. The summed E-state index contributed by atoms with van der Waals surface area (Å²) in [6.45, 7) is 4.42. The van der Waals surface area contributed by atoms with Crippen LogP contribution in [0, 0.1) is 12.8 Å². The Morgan fingerprint density at radius 2 is 2.30 bits per heavy atom. The fraction of sp³-hybridized carbons (Fsp3) is 0.562. The zero-order valence-corrected chi connectivity index (χ0v) is 12.3. The minimum atomic E-state index is -0.299. The molecular weight excluding hydrogens is 252 g/mol. The van der Waals surface area contributed by atoms with Crippen LogP contribution in [-0.2, 0) is 0 Å². The molecule has 1 aromatic rings. The largest absolute Gasteiger partial charge is 0.508 e. The summed E-state index contributed by atoms with van der Waals surface area (Å²) in [6.07, 6.45) is 4.14. The zero-order valence-electron chi connectivity index (χ0n) is 12.3. The average Bonchev–Trinajstić information content (AvgIpc) is 2.41. The van der Waals surface area contributed by atoms with Gasteiger partial charge in [0.15, 0.2) is 0 Å². The fourth-order valence-electron chi connectivity index (χ4n) is 3.19. The average molecular weight is 276 g/mol. The number of amides is 1. The molecule has 4 heteroatoms. The number of benzene rings is 1. The van der Waals surface area contributed by atoms with Crippen LogP contribution >= 0.6 is 0 Å². The molecule has 1 aliphatic carbocycles. The van der Waals surface area contributed by atoms with Gasteiger partial charge >= 0.3 is 0 Å². The first kappa shape index (κ1) is 14.9. The lowest BCUT2D eigenvalue weighted by Crippen LogP contribution is -2.56. The first-order valence-corrected chi connectivity index (χ1v) is 7.28. The van der Waals surface area contributed by atoms with Crippen LogP contribution in [0.5, 0.6) is 5.75 Å². The number of rotatable bonds is 3. The molecule has 4 nitrogen and oxygen atoms in total. The van der Waals surface area contributed by atoms with Crippen LogP contribution in [0.25, 0.3) is 0 Å². The lowest BCUT2D eigenvalue weighted by molar-refractivity contribution is 0.0853. The van der Waals surface area contributed by atoms with E-state index < -0.39 is 0 Å². The predicted molar refractivity (Wildman–Crippen MR) is 79.7 cm³/mol. The molecule has 20 heavy (non-hydrogen) atoms. The Kier molecular flexibility index (Phi) is 4.33. The van der Waals surface area contributed by atoms with Crippen molar-refractivity contribution in [2.24, 2.45) is 11.7 Å². The van der Waals surface area contributed by atoms with Gasteiger partial charge in [-0.3, -0.25) is 4.79 Å². The van der Waals surface area contributed by atoms with E-state index in [4.69, 9.17) is 5.73 Å². The number of carbonyl (C=O) groups excluding carboxylic acids is 1. The SMILES string of the molecule is Cc1c(O)cccc1C(=O)NC1(CN)CCCC(C)C1. The highest BCUT2D eigenvalue weighted by Gasteiger charge is 2.35. The standard InChI is InChI=1S/C16H24N2O2/c1-11-5-4-8-16(9-11,10-17)18-15(20)13-6-3-7-14(19)12(13)2/h3,6-7,11,19H,4-5,8-10,17H2,1-2H3,(H,18,20). The van der Waals surface area contributed by atoms with Crippen LogP contribution in [-0.4, -0.2) is 23.1 Å². The molecule has 4 N–H and O–H groups in total. The molecule has 1 fully saturated rings. The van der Waals surface area contributed by atoms with Gasteiger partial charge in [0.25, 0.3) is 5.91 Å². The highest BCUT2D eigenvalue weighted by atomic mass is 16.3. The molecule has 110 valence electrons. The molecule has 1 aromatic carbocycles. The van der Waals surface area contributed by atoms with Crippen LogP contribution in [0.15, 0.2) is 18.2 Å². The van der Waals surface area contributed by atoms with Crippen molar-refractivity contribution in [2.75, 3.05) is 6.54 Å². The van der Waals surface area contributed by atoms with Crippen molar-refractivity contribution in [3.05, 3.63) is 29.3 Å². The second kappa shape index (κ2) is 5.83. The summed E-state index contributed by atoms with van der Waals surface area (Å²) in [6, 6.07) is 5.02. The number of phenols is 1. The van der Waals surface area contributed by atoms with Crippen molar-refractivity contribution in [2.45, 2.75) is 45.1 Å². The molecule has 1 aliphatic rings. The Morgan fingerprint density at radius 3 is 2.95 bits per heavy atom.